The SMILES string of the molecule is CCN(C)CCCCCCCCP(C)OOc1cccc2cnccc12. The Bertz CT molecular complexity index is 633. The van der Waals surface area contributed by atoms with Crippen LogP contribution in [0.4, 0.5) is 0 Å². The highest BCUT2D eigenvalue weighted by Gasteiger charge is 2.07. The molecule has 1 unspecified atom stereocenters. The van der Waals surface area contributed by atoms with E-state index in [1.165, 1.54) is 45.1 Å². The third kappa shape index (κ3) is 7.57. The second kappa shape index (κ2) is 12.2. The molecule has 1 aromatic heterocycles. The van der Waals surface area contributed by atoms with Crippen LogP contribution in [-0.4, -0.2) is 42.8 Å². The van der Waals surface area contributed by atoms with Gasteiger partial charge in [0, 0.05) is 23.2 Å². The van der Waals surface area contributed by atoms with Crippen molar-refractivity contribution in [3.63, 3.8) is 0 Å². The summed E-state index contributed by atoms with van der Waals surface area (Å²) in [7, 11) is 1.65. The second-order valence-electron chi connectivity index (χ2n) is 6.88. The monoisotopic (exact) mass is 376 g/mol. The minimum absolute atomic E-state index is 0.543. The summed E-state index contributed by atoms with van der Waals surface area (Å²) >= 11 is 0. The van der Waals surface area contributed by atoms with E-state index < -0.39 is 8.15 Å². The Hall–Kier alpha value is -1.22. The average Bonchev–Trinajstić information content (AvgIpc) is 2.68. The number of fused-ring (bicyclic) bond motifs is 1. The lowest BCUT2D eigenvalue weighted by molar-refractivity contribution is -0.0865. The minimum atomic E-state index is -0.543. The molecule has 0 aliphatic carbocycles. The molecule has 1 heterocycles. The molecule has 5 heteroatoms. The van der Waals surface area contributed by atoms with Crippen LogP contribution >= 0.6 is 8.15 Å². The molecule has 0 spiro atoms. The number of hydrogen-bond acceptors (Lipinski definition) is 4. The summed E-state index contributed by atoms with van der Waals surface area (Å²) in [6, 6.07) is 7.91. The van der Waals surface area contributed by atoms with E-state index in [1.54, 1.807) is 6.20 Å². The molecule has 0 saturated carbocycles. The molecular weight excluding hydrogens is 343 g/mol. The van der Waals surface area contributed by atoms with Gasteiger partial charge in [0.1, 0.15) is 0 Å². The highest BCUT2D eigenvalue weighted by Crippen LogP contribution is 2.36. The number of nitrogens with zero attached hydrogens (tertiary/aromatic N) is 2. The third-order valence-electron chi connectivity index (χ3n) is 4.70. The molecule has 1 aromatic carbocycles. The van der Waals surface area contributed by atoms with Crippen LogP contribution in [0.1, 0.15) is 45.4 Å². The first-order chi connectivity index (χ1) is 12.7. The Morgan fingerprint density at radius 3 is 2.62 bits per heavy atom. The quantitative estimate of drug-likeness (QED) is 0.190. The summed E-state index contributed by atoms with van der Waals surface area (Å²) in [6.45, 7) is 6.73. The van der Waals surface area contributed by atoms with E-state index in [-0.39, 0.29) is 0 Å². The number of benzene rings is 1. The van der Waals surface area contributed by atoms with Crippen LogP contribution in [0, 0.1) is 0 Å². The summed E-state index contributed by atoms with van der Waals surface area (Å²) in [5, 5.41) is 2.11. The summed E-state index contributed by atoms with van der Waals surface area (Å²) < 4.78 is 5.66. The van der Waals surface area contributed by atoms with Crippen molar-refractivity contribution in [1.82, 2.24) is 9.88 Å². The lowest BCUT2D eigenvalue weighted by Crippen LogP contribution is -2.18. The molecule has 4 nitrogen and oxygen atoms in total. The van der Waals surface area contributed by atoms with Gasteiger partial charge in [-0.25, -0.2) is 0 Å². The van der Waals surface area contributed by atoms with Gasteiger partial charge in [0.2, 0.25) is 0 Å². The van der Waals surface area contributed by atoms with Crippen LogP contribution in [-0.2, 0) is 4.67 Å². The molecule has 0 radical (unpaired) electrons. The van der Waals surface area contributed by atoms with Gasteiger partial charge in [-0.05, 0) is 57.9 Å². The van der Waals surface area contributed by atoms with Gasteiger partial charge >= 0.3 is 0 Å². The fourth-order valence-electron chi connectivity index (χ4n) is 2.89. The Morgan fingerprint density at radius 2 is 1.81 bits per heavy atom. The Morgan fingerprint density at radius 1 is 1.04 bits per heavy atom. The Balaban J connectivity index is 1.56. The van der Waals surface area contributed by atoms with E-state index in [4.69, 9.17) is 9.56 Å². The summed E-state index contributed by atoms with van der Waals surface area (Å²) in [6.07, 6.45) is 12.6. The van der Waals surface area contributed by atoms with Crippen molar-refractivity contribution in [1.29, 1.82) is 0 Å². The lowest BCUT2D eigenvalue weighted by atomic mass is 10.1. The third-order valence-corrected chi connectivity index (χ3v) is 5.97. The van der Waals surface area contributed by atoms with Crippen LogP contribution < -0.4 is 4.89 Å². The minimum Gasteiger partial charge on any atom is -0.334 e. The van der Waals surface area contributed by atoms with Crippen molar-refractivity contribution in [2.45, 2.75) is 45.4 Å². The van der Waals surface area contributed by atoms with Crippen molar-refractivity contribution < 1.29 is 9.56 Å². The molecule has 0 N–H and O–H groups in total. The molecule has 144 valence electrons. The van der Waals surface area contributed by atoms with Gasteiger partial charge in [0.25, 0.3) is 0 Å². The molecule has 0 aliphatic rings. The molecule has 0 saturated heterocycles. The van der Waals surface area contributed by atoms with Gasteiger partial charge in [0.05, 0.1) is 8.15 Å². The van der Waals surface area contributed by atoms with Crippen LogP contribution in [0.3, 0.4) is 0 Å². The smallest absolute Gasteiger partial charge is 0.173 e. The highest BCUT2D eigenvalue weighted by atomic mass is 31.1. The van der Waals surface area contributed by atoms with E-state index >= 15 is 0 Å². The maximum atomic E-state index is 5.66. The van der Waals surface area contributed by atoms with Crippen molar-refractivity contribution in [2.75, 3.05) is 33.0 Å². The van der Waals surface area contributed by atoms with Gasteiger partial charge < -0.3 is 9.79 Å². The second-order valence-corrected chi connectivity index (χ2v) is 8.73. The van der Waals surface area contributed by atoms with Gasteiger partial charge in [-0.1, -0.05) is 44.7 Å². The Labute approximate surface area is 159 Å². The lowest BCUT2D eigenvalue weighted by Gasteiger charge is -2.14. The van der Waals surface area contributed by atoms with E-state index in [0.717, 1.165) is 29.2 Å². The molecule has 1 atom stereocenters. The van der Waals surface area contributed by atoms with Crippen LogP contribution in [0.2, 0.25) is 0 Å². The van der Waals surface area contributed by atoms with Crippen molar-refractivity contribution in [3.8, 4) is 5.75 Å². The molecule has 2 rings (SSSR count). The first kappa shape index (κ1) is 21.1. The van der Waals surface area contributed by atoms with Gasteiger partial charge in [-0.15, -0.1) is 0 Å². The van der Waals surface area contributed by atoms with E-state index in [9.17, 15) is 0 Å². The normalized spacial score (nSPS) is 12.6. The number of hydrogen-bond donors (Lipinski definition) is 0. The first-order valence-electron chi connectivity index (χ1n) is 9.77. The summed E-state index contributed by atoms with van der Waals surface area (Å²) in [5.41, 5.74) is 0. The van der Waals surface area contributed by atoms with E-state index in [0.29, 0.717) is 0 Å². The van der Waals surface area contributed by atoms with Crippen molar-refractivity contribution >= 4 is 18.9 Å². The zero-order valence-electron chi connectivity index (χ0n) is 16.5. The fourth-order valence-corrected chi connectivity index (χ4v) is 3.84. The zero-order valence-corrected chi connectivity index (χ0v) is 17.4. The zero-order chi connectivity index (χ0) is 18.6. The van der Waals surface area contributed by atoms with E-state index in [1.807, 2.05) is 30.5 Å². The highest BCUT2D eigenvalue weighted by molar-refractivity contribution is 7.51. The van der Waals surface area contributed by atoms with Gasteiger partial charge in [0.15, 0.2) is 5.75 Å². The maximum Gasteiger partial charge on any atom is 0.173 e. The number of aromatic nitrogens is 1. The van der Waals surface area contributed by atoms with E-state index in [2.05, 4.69) is 30.5 Å². The topological polar surface area (TPSA) is 34.6 Å². The van der Waals surface area contributed by atoms with Crippen LogP contribution in [0.25, 0.3) is 10.8 Å². The van der Waals surface area contributed by atoms with Crippen molar-refractivity contribution in [2.24, 2.45) is 0 Å². The molecule has 0 bridgehead atoms. The number of pyridine rings is 1. The van der Waals surface area contributed by atoms with Crippen LogP contribution in [0.15, 0.2) is 36.7 Å². The van der Waals surface area contributed by atoms with Crippen molar-refractivity contribution in [3.05, 3.63) is 36.7 Å². The molecule has 0 amide bonds. The molecule has 0 aliphatic heterocycles. The predicted molar refractivity (Wildman–Crippen MR) is 112 cm³/mol. The first-order valence-corrected chi connectivity index (χ1v) is 11.7. The molecule has 26 heavy (non-hydrogen) atoms. The number of unbranched alkanes of at least 4 members (excludes halogenated alkanes) is 5. The fraction of sp³-hybridized carbons (Fsp3) is 0.571. The van der Waals surface area contributed by atoms with Gasteiger partial charge in [-0.3, -0.25) is 4.98 Å². The molecule has 2 aromatic rings. The van der Waals surface area contributed by atoms with Crippen LogP contribution in [0.5, 0.6) is 5.75 Å². The Kier molecular flexibility index (Phi) is 9.91. The molecule has 0 fully saturated rings. The standard InChI is InChI=1S/C21H33N2O2P/c1-4-23(2)16-9-7-5-6-8-10-17-26(3)25-24-21-13-11-12-19-18-22-15-14-20(19)21/h11-15,18H,4-10,16-17H2,1-3H3. The predicted octanol–water partition coefficient (Wildman–Crippen LogP) is 5.86. The number of rotatable bonds is 13. The maximum absolute atomic E-state index is 5.66. The summed E-state index contributed by atoms with van der Waals surface area (Å²) in [5.74, 6) is 0.774. The largest absolute Gasteiger partial charge is 0.334 e. The summed E-state index contributed by atoms with van der Waals surface area (Å²) in [4.78, 5) is 12.1. The average molecular weight is 376 g/mol. The molecular formula is C21H33N2O2P. The van der Waals surface area contributed by atoms with Gasteiger partial charge in [-0.2, -0.15) is 4.67 Å².